The first-order valence-electron chi connectivity index (χ1n) is 8.23. The Hall–Kier alpha value is -2.57. The summed E-state index contributed by atoms with van der Waals surface area (Å²) < 4.78 is 42.1. The molecule has 0 saturated heterocycles. The predicted molar refractivity (Wildman–Crippen MR) is 104 cm³/mol. The summed E-state index contributed by atoms with van der Waals surface area (Å²) in [6, 6.07) is 14.3. The van der Waals surface area contributed by atoms with E-state index in [1.165, 1.54) is 0 Å². The number of aromatic nitrogens is 3. The molecule has 0 radical (unpaired) electrons. The summed E-state index contributed by atoms with van der Waals surface area (Å²) in [5.74, 6) is 0. The Morgan fingerprint density at radius 3 is 1.93 bits per heavy atom. The minimum Gasteiger partial charge on any atom is -0.228 e. The van der Waals surface area contributed by atoms with Crippen molar-refractivity contribution in [2.75, 3.05) is 0 Å². The highest BCUT2D eigenvalue weighted by molar-refractivity contribution is 6.30. The van der Waals surface area contributed by atoms with E-state index in [4.69, 9.17) is 23.2 Å². The van der Waals surface area contributed by atoms with Crippen LogP contribution >= 0.6 is 23.2 Å². The molecule has 2 aromatic heterocycles. The van der Waals surface area contributed by atoms with E-state index in [0.29, 0.717) is 32.4 Å². The summed E-state index contributed by atoms with van der Waals surface area (Å²) in [6.45, 7) is 1.65. The fourth-order valence-corrected chi connectivity index (χ4v) is 3.30. The Bertz CT molecular complexity index is 1160. The fourth-order valence-electron chi connectivity index (χ4n) is 3.05. The third-order valence-corrected chi connectivity index (χ3v) is 4.83. The molecule has 2 heterocycles. The Morgan fingerprint density at radius 2 is 1.39 bits per heavy atom. The van der Waals surface area contributed by atoms with Crippen molar-refractivity contribution in [2.45, 2.75) is 13.1 Å². The Labute approximate surface area is 168 Å². The van der Waals surface area contributed by atoms with Gasteiger partial charge in [0, 0.05) is 21.2 Å². The summed E-state index contributed by atoms with van der Waals surface area (Å²) in [5, 5.41) is 5.13. The van der Waals surface area contributed by atoms with E-state index in [-0.39, 0.29) is 11.3 Å². The van der Waals surface area contributed by atoms with Crippen LogP contribution in [0.1, 0.15) is 11.4 Å². The van der Waals surface area contributed by atoms with Gasteiger partial charge in [-0.3, -0.25) is 0 Å². The van der Waals surface area contributed by atoms with Crippen LogP contribution in [0.2, 0.25) is 10.0 Å². The predicted octanol–water partition coefficient (Wildman–Crippen LogP) is 6.70. The molecule has 2 aromatic carbocycles. The lowest BCUT2D eigenvalue weighted by atomic mass is 10.1. The van der Waals surface area contributed by atoms with Crippen LogP contribution in [0, 0.1) is 6.92 Å². The van der Waals surface area contributed by atoms with Crippen LogP contribution in [0.15, 0.2) is 54.6 Å². The smallest absolute Gasteiger partial charge is 0.228 e. The van der Waals surface area contributed by atoms with E-state index in [1.807, 2.05) is 0 Å². The van der Waals surface area contributed by atoms with Gasteiger partial charge in [-0.25, -0.2) is 9.50 Å². The molecule has 142 valence electrons. The highest BCUT2D eigenvalue weighted by Crippen LogP contribution is 2.36. The van der Waals surface area contributed by atoms with Crippen molar-refractivity contribution in [3.8, 4) is 22.4 Å². The minimum atomic E-state index is -4.60. The number of alkyl halides is 3. The summed E-state index contributed by atoms with van der Waals surface area (Å²) in [7, 11) is 0. The zero-order chi connectivity index (χ0) is 20.1. The maximum absolute atomic E-state index is 13.7. The number of hydrogen-bond acceptors (Lipinski definition) is 2. The normalized spacial score (nSPS) is 11.9. The van der Waals surface area contributed by atoms with Crippen molar-refractivity contribution < 1.29 is 13.2 Å². The first kappa shape index (κ1) is 18.8. The second-order valence-electron chi connectivity index (χ2n) is 6.23. The molecule has 0 unspecified atom stereocenters. The van der Waals surface area contributed by atoms with Gasteiger partial charge in [-0.2, -0.15) is 18.3 Å². The second-order valence-corrected chi connectivity index (χ2v) is 7.11. The summed E-state index contributed by atoms with van der Waals surface area (Å²) >= 11 is 11.8. The molecule has 0 atom stereocenters. The number of fused-ring (bicyclic) bond motifs is 1. The van der Waals surface area contributed by atoms with E-state index in [0.717, 1.165) is 10.6 Å². The van der Waals surface area contributed by atoms with Gasteiger partial charge in [0.2, 0.25) is 0 Å². The number of rotatable bonds is 2. The van der Waals surface area contributed by atoms with Gasteiger partial charge in [0.25, 0.3) is 0 Å². The number of nitrogens with zero attached hydrogens (tertiary/aromatic N) is 3. The first-order valence-corrected chi connectivity index (χ1v) is 8.99. The second kappa shape index (κ2) is 6.79. The maximum Gasteiger partial charge on any atom is 0.433 e. The van der Waals surface area contributed by atoms with Gasteiger partial charge >= 0.3 is 6.18 Å². The van der Waals surface area contributed by atoms with Crippen LogP contribution in [-0.2, 0) is 6.18 Å². The largest absolute Gasteiger partial charge is 0.433 e. The van der Waals surface area contributed by atoms with Gasteiger partial charge in [0.1, 0.15) is 0 Å². The third-order valence-electron chi connectivity index (χ3n) is 4.33. The van der Waals surface area contributed by atoms with Crippen molar-refractivity contribution >= 4 is 28.8 Å². The number of benzene rings is 2. The Morgan fingerprint density at radius 1 is 0.857 bits per heavy atom. The van der Waals surface area contributed by atoms with Crippen LogP contribution in [0.25, 0.3) is 28.0 Å². The van der Waals surface area contributed by atoms with E-state index >= 15 is 0 Å². The highest BCUT2D eigenvalue weighted by atomic mass is 35.5. The fraction of sp³-hybridized carbons (Fsp3) is 0.100. The molecular formula is C20H12Cl2F3N3. The lowest BCUT2D eigenvalue weighted by molar-refractivity contribution is -0.142. The SMILES string of the molecule is Cc1nn2c(C(F)(F)F)cc(-c3ccc(Cl)cc3)nc2c1-c1ccc(Cl)cc1. The number of aryl methyl sites for hydroxylation is 1. The molecule has 8 heteroatoms. The van der Waals surface area contributed by atoms with Crippen molar-refractivity contribution in [1.29, 1.82) is 0 Å². The van der Waals surface area contributed by atoms with Crippen LogP contribution in [0.4, 0.5) is 13.2 Å². The van der Waals surface area contributed by atoms with Gasteiger partial charge < -0.3 is 0 Å². The number of hydrogen-bond donors (Lipinski definition) is 0. The maximum atomic E-state index is 13.7. The molecule has 0 amide bonds. The van der Waals surface area contributed by atoms with Crippen molar-refractivity contribution in [2.24, 2.45) is 0 Å². The summed E-state index contributed by atoms with van der Waals surface area (Å²) in [4.78, 5) is 4.49. The van der Waals surface area contributed by atoms with Crippen LogP contribution < -0.4 is 0 Å². The van der Waals surface area contributed by atoms with E-state index in [9.17, 15) is 13.2 Å². The van der Waals surface area contributed by atoms with Gasteiger partial charge in [-0.15, -0.1) is 0 Å². The van der Waals surface area contributed by atoms with Crippen LogP contribution in [-0.4, -0.2) is 14.6 Å². The minimum absolute atomic E-state index is 0.125. The molecule has 0 aliphatic rings. The van der Waals surface area contributed by atoms with Crippen molar-refractivity contribution in [3.63, 3.8) is 0 Å². The van der Waals surface area contributed by atoms with E-state index in [2.05, 4.69) is 10.1 Å². The van der Waals surface area contributed by atoms with Crippen molar-refractivity contribution in [1.82, 2.24) is 14.6 Å². The quantitative estimate of drug-likeness (QED) is 0.360. The first-order chi connectivity index (χ1) is 13.2. The molecule has 0 aliphatic carbocycles. The van der Waals surface area contributed by atoms with Crippen molar-refractivity contribution in [3.05, 3.63) is 76.0 Å². The zero-order valence-corrected chi connectivity index (χ0v) is 15.9. The third kappa shape index (κ3) is 3.34. The Kier molecular flexibility index (Phi) is 4.56. The molecule has 0 saturated carbocycles. The molecular weight excluding hydrogens is 410 g/mol. The summed E-state index contributed by atoms with van der Waals surface area (Å²) in [5.41, 5.74) is 1.59. The van der Waals surface area contributed by atoms with E-state index in [1.54, 1.807) is 55.5 Å². The van der Waals surface area contributed by atoms with Crippen LogP contribution in [0.5, 0.6) is 0 Å². The standard InChI is InChI=1S/C20H12Cl2F3N3/c1-11-18(13-4-8-15(22)9-5-13)19-26-16(12-2-6-14(21)7-3-12)10-17(20(23,24)25)28(19)27-11/h2-10H,1H3. The molecule has 4 aromatic rings. The highest BCUT2D eigenvalue weighted by Gasteiger charge is 2.36. The molecule has 0 N–H and O–H groups in total. The molecule has 4 rings (SSSR count). The topological polar surface area (TPSA) is 30.2 Å². The van der Waals surface area contributed by atoms with Crippen LogP contribution in [0.3, 0.4) is 0 Å². The van der Waals surface area contributed by atoms with Gasteiger partial charge in [-0.1, -0.05) is 47.5 Å². The zero-order valence-electron chi connectivity index (χ0n) is 14.4. The molecule has 0 fully saturated rings. The van der Waals surface area contributed by atoms with Gasteiger partial charge in [0.05, 0.1) is 11.4 Å². The molecule has 3 nitrogen and oxygen atoms in total. The average Bonchev–Trinajstić information content (AvgIpc) is 2.97. The molecule has 0 aliphatic heterocycles. The average molecular weight is 422 g/mol. The Balaban J connectivity index is 2.04. The number of halogens is 5. The monoisotopic (exact) mass is 421 g/mol. The van der Waals surface area contributed by atoms with Gasteiger partial charge in [-0.05, 0) is 42.8 Å². The lowest BCUT2D eigenvalue weighted by Gasteiger charge is -2.12. The molecule has 0 bridgehead atoms. The van der Waals surface area contributed by atoms with E-state index < -0.39 is 11.9 Å². The van der Waals surface area contributed by atoms with Gasteiger partial charge in [0.15, 0.2) is 11.3 Å². The molecule has 28 heavy (non-hydrogen) atoms. The summed E-state index contributed by atoms with van der Waals surface area (Å²) in [6.07, 6.45) is -4.60. The lowest BCUT2D eigenvalue weighted by Crippen LogP contribution is -2.13. The molecule has 0 spiro atoms.